The van der Waals surface area contributed by atoms with Crippen LogP contribution in [0.2, 0.25) is 0 Å². The average Bonchev–Trinajstić information content (AvgIpc) is 3.33. The van der Waals surface area contributed by atoms with Crippen LogP contribution in [0.5, 0.6) is 11.5 Å². The van der Waals surface area contributed by atoms with E-state index < -0.39 is 0 Å². The number of benzene rings is 2. The lowest BCUT2D eigenvalue weighted by Gasteiger charge is -2.35. The normalized spacial score (nSPS) is 14.7. The van der Waals surface area contributed by atoms with Crippen LogP contribution in [0, 0.1) is 6.92 Å². The Morgan fingerprint density at radius 1 is 0.886 bits per heavy atom. The van der Waals surface area contributed by atoms with Crippen molar-refractivity contribution in [1.29, 1.82) is 0 Å². The molecule has 0 unspecified atom stereocenters. The zero-order valence-corrected chi connectivity index (χ0v) is 20.5. The fourth-order valence-electron chi connectivity index (χ4n) is 4.50. The molecular weight excluding hydrogens is 438 g/mol. The van der Waals surface area contributed by atoms with Crippen molar-refractivity contribution in [2.24, 2.45) is 0 Å². The molecule has 0 spiro atoms. The van der Waals surface area contributed by atoms with Gasteiger partial charge in [0.05, 0.1) is 19.9 Å². The van der Waals surface area contributed by atoms with Crippen molar-refractivity contribution >= 4 is 17.5 Å². The molecule has 180 valence electrons. The molecule has 0 atom stereocenters. The summed E-state index contributed by atoms with van der Waals surface area (Å²) in [7, 11) is 3.28. The first-order chi connectivity index (χ1) is 17.1. The Kier molecular flexibility index (Phi) is 6.68. The van der Waals surface area contributed by atoms with E-state index in [1.807, 2.05) is 41.8 Å². The number of aryl methyl sites for hydroxylation is 1. The maximum Gasteiger partial charge on any atom is 0.161 e. The van der Waals surface area contributed by atoms with Crippen molar-refractivity contribution < 1.29 is 9.47 Å². The van der Waals surface area contributed by atoms with E-state index in [0.29, 0.717) is 11.5 Å². The molecule has 1 saturated heterocycles. The Labute approximate surface area is 206 Å². The van der Waals surface area contributed by atoms with Gasteiger partial charge in [-0.15, -0.1) is 0 Å². The number of ether oxygens (including phenoxy) is 2. The minimum Gasteiger partial charge on any atom is -0.493 e. The number of rotatable bonds is 7. The minimum atomic E-state index is 0.684. The number of piperazine rings is 1. The van der Waals surface area contributed by atoms with Gasteiger partial charge in [0.15, 0.2) is 17.1 Å². The lowest BCUT2D eigenvalue weighted by Crippen LogP contribution is -2.47. The Morgan fingerprint density at radius 2 is 1.66 bits per heavy atom. The number of aromatic nitrogens is 3. The van der Waals surface area contributed by atoms with Gasteiger partial charge in [-0.25, -0.2) is 4.98 Å². The maximum atomic E-state index is 5.48. The van der Waals surface area contributed by atoms with Crippen LogP contribution in [0.4, 0.5) is 5.82 Å². The third-order valence-corrected chi connectivity index (χ3v) is 6.39. The quantitative estimate of drug-likeness (QED) is 0.396. The Bertz CT molecular complexity index is 1320. The molecule has 1 aliphatic rings. The molecule has 0 N–H and O–H groups in total. The number of methoxy groups -OCH3 is 2. The zero-order valence-electron chi connectivity index (χ0n) is 20.5. The molecule has 0 bridgehead atoms. The first-order valence-corrected chi connectivity index (χ1v) is 11.9. The summed E-state index contributed by atoms with van der Waals surface area (Å²) in [4.78, 5) is 9.63. The predicted octanol–water partition coefficient (Wildman–Crippen LogP) is 4.56. The molecule has 0 radical (unpaired) electrons. The molecule has 0 aliphatic carbocycles. The second-order valence-corrected chi connectivity index (χ2v) is 8.73. The maximum absolute atomic E-state index is 5.48. The van der Waals surface area contributed by atoms with E-state index in [1.165, 1.54) is 5.56 Å². The second kappa shape index (κ2) is 10.2. The summed E-state index contributed by atoms with van der Waals surface area (Å²) in [5.41, 5.74) is 4.89. The summed E-state index contributed by atoms with van der Waals surface area (Å²) >= 11 is 0. The summed E-state index contributed by atoms with van der Waals surface area (Å²) in [6.07, 6.45) is 4.45. The van der Waals surface area contributed by atoms with E-state index in [0.717, 1.165) is 61.1 Å². The predicted molar refractivity (Wildman–Crippen MR) is 140 cm³/mol. The van der Waals surface area contributed by atoms with Crippen LogP contribution in [0.25, 0.3) is 23.0 Å². The van der Waals surface area contributed by atoms with E-state index in [2.05, 4.69) is 52.3 Å². The lowest BCUT2D eigenvalue weighted by molar-refractivity contribution is 0.283. The van der Waals surface area contributed by atoms with Gasteiger partial charge in [0.1, 0.15) is 5.82 Å². The molecular formula is C28H31N5O2. The summed E-state index contributed by atoms with van der Waals surface area (Å²) in [5.74, 6) is 2.47. The van der Waals surface area contributed by atoms with E-state index >= 15 is 0 Å². The average molecular weight is 470 g/mol. The first kappa shape index (κ1) is 22.9. The van der Waals surface area contributed by atoms with E-state index in [-0.39, 0.29) is 0 Å². The lowest BCUT2D eigenvalue weighted by atomic mass is 10.1. The van der Waals surface area contributed by atoms with Gasteiger partial charge in [-0.2, -0.15) is 9.61 Å². The van der Waals surface area contributed by atoms with Crippen molar-refractivity contribution in [2.45, 2.75) is 6.92 Å². The monoisotopic (exact) mass is 469 g/mol. The third kappa shape index (κ3) is 5.00. The molecule has 0 amide bonds. The van der Waals surface area contributed by atoms with Crippen molar-refractivity contribution in [1.82, 2.24) is 19.5 Å². The fourth-order valence-corrected chi connectivity index (χ4v) is 4.50. The molecule has 1 fully saturated rings. The van der Waals surface area contributed by atoms with E-state index in [4.69, 9.17) is 19.6 Å². The van der Waals surface area contributed by atoms with Crippen LogP contribution in [0.3, 0.4) is 0 Å². The fraction of sp³-hybridized carbons (Fsp3) is 0.286. The molecule has 7 nitrogen and oxygen atoms in total. The Balaban J connectivity index is 1.33. The second-order valence-electron chi connectivity index (χ2n) is 8.73. The van der Waals surface area contributed by atoms with Crippen LogP contribution >= 0.6 is 0 Å². The summed E-state index contributed by atoms with van der Waals surface area (Å²) in [5, 5.41) is 4.92. The molecule has 1 aliphatic heterocycles. The number of nitrogens with zero attached hydrogens (tertiary/aromatic N) is 5. The van der Waals surface area contributed by atoms with E-state index in [1.54, 1.807) is 14.2 Å². The molecule has 4 aromatic rings. The molecule has 2 aromatic heterocycles. The minimum absolute atomic E-state index is 0.684. The zero-order chi connectivity index (χ0) is 24.2. The van der Waals surface area contributed by atoms with Gasteiger partial charge in [0.2, 0.25) is 0 Å². The smallest absolute Gasteiger partial charge is 0.161 e. The Morgan fingerprint density at radius 3 is 2.40 bits per heavy atom. The highest BCUT2D eigenvalue weighted by Crippen LogP contribution is 2.32. The molecule has 5 rings (SSSR count). The SMILES string of the molecule is COc1ccc(-c2cc3nc(C)cc(N4CCN(C/C=C/c5ccccc5)CC4)n3n2)cc1OC. The highest BCUT2D eigenvalue weighted by molar-refractivity contribution is 5.68. The van der Waals surface area contributed by atoms with Gasteiger partial charge in [-0.05, 0) is 30.7 Å². The van der Waals surface area contributed by atoms with Gasteiger partial charge in [-0.3, -0.25) is 4.90 Å². The van der Waals surface area contributed by atoms with Crippen molar-refractivity contribution in [3.63, 3.8) is 0 Å². The van der Waals surface area contributed by atoms with Crippen molar-refractivity contribution in [2.75, 3.05) is 51.8 Å². The van der Waals surface area contributed by atoms with Crippen molar-refractivity contribution in [3.05, 3.63) is 78.0 Å². The third-order valence-electron chi connectivity index (χ3n) is 6.39. The Hall–Kier alpha value is -3.84. The van der Waals surface area contributed by atoms with Crippen LogP contribution in [-0.4, -0.2) is 66.4 Å². The number of anilines is 1. The van der Waals surface area contributed by atoms with Crippen molar-refractivity contribution in [3.8, 4) is 22.8 Å². The number of fused-ring (bicyclic) bond motifs is 1. The van der Waals surface area contributed by atoms with Gasteiger partial charge in [0, 0.05) is 56.1 Å². The van der Waals surface area contributed by atoms with Crippen LogP contribution in [-0.2, 0) is 0 Å². The van der Waals surface area contributed by atoms with Gasteiger partial charge >= 0.3 is 0 Å². The standard InChI is InChI=1S/C28H31N5O2/c1-21-18-28(32-16-14-31(15-17-32)13-7-10-22-8-5-4-6-9-22)33-27(29-21)20-24(30-33)23-11-12-25(34-2)26(19-23)35-3/h4-12,18-20H,13-17H2,1-3H3/b10-7+. The van der Waals surface area contributed by atoms with Gasteiger partial charge in [0.25, 0.3) is 0 Å². The summed E-state index contributed by atoms with van der Waals surface area (Å²) in [6, 6.07) is 20.5. The molecule has 35 heavy (non-hydrogen) atoms. The van der Waals surface area contributed by atoms with Crippen LogP contribution < -0.4 is 14.4 Å². The summed E-state index contributed by atoms with van der Waals surface area (Å²) in [6.45, 7) is 6.90. The first-order valence-electron chi connectivity index (χ1n) is 11.9. The summed E-state index contributed by atoms with van der Waals surface area (Å²) < 4.78 is 12.8. The molecule has 3 heterocycles. The highest BCUT2D eigenvalue weighted by atomic mass is 16.5. The topological polar surface area (TPSA) is 55.1 Å². The van der Waals surface area contributed by atoms with Gasteiger partial charge < -0.3 is 14.4 Å². The number of hydrogen-bond donors (Lipinski definition) is 0. The van der Waals surface area contributed by atoms with Crippen LogP contribution in [0.1, 0.15) is 11.3 Å². The molecule has 7 heteroatoms. The highest BCUT2D eigenvalue weighted by Gasteiger charge is 2.20. The number of hydrogen-bond acceptors (Lipinski definition) is 6. The largest absolute Gasteiger partial charge is 0.493 e. The molecule has 2 aromatic carbocycles. The van der Waals surface area contributed by atoms with Gasteiger partial charge in [-0.1, -0.05) is 42.5 Å². The van der Waals surface area contributed by atoms with Crippen LogP contribution in [0.15, 0.2) is 66.7 Å². The molecule has 0 saturated carbocycles. The van der Waals surface area contributed by atoms with E-state index in [9.17, 15) is 0 Å².